The molecule has 0 fully saturated rings. The van der Waals surface area contributed by atoms with Crippen molar-refractivity contribution < 1.29 is 10.0 Å². The summed E-state index contributed by atoms with van der Waals surface area (Å²) in [7, 11) is 0. The number of benzene rings is 1. The van der Waals surface area contributed by atoms with Crippen LogP contribution in [0.3, 0.4) is 0 Å². The molecule has 5 nitrogen and oxygen atoms in total. The second-order valence-electron chi connectivity index (χ2n) is 3.08. The van der Waals surface area contributed by atoms with E-state index in [-0.39, 0.29) is 11.6 Å². The topological polar surface area (TPSA) is 65.3 Å². The Morgan fingerprint density at radius 2 is 2.07 bits per heavy atom. The molecule has 1 heterocycles. The lowest BCUT2D eigenvalue weighted by Crippen LogP contribution is -2.25. The molecule has 0 aromatic heterocycles. The Labute approximate surface area is 86.3 Å². The molecule has 0 unspecified atom stereocenters. The Balaban J connectivity index is 2.10. The van der Waals surface area contributed by atoms with Gasteiger partial charge in [-0.3, -0.25) is 4.79 Å². The molecule has 76 valence electrons. The van der Waals surface area contributed by atoms with Crippen LogP contribution in [0.4, 0.5) is 0 Å². The van der Waals surface area contributed by atoms with Crippen LogP contribution < -0.4 is 0 Å². The second-order valence-corrected chi connectivity index (χ2v) is 3.08. The van der Waals surface area contributed by atoms with Crippen molar-refractivity contribution in [3.8, 4) is 0 Å². The number of carbonyl (C=O) groups excluding carboxylic acids is 1. The maximum atomic E-state index is 11.5. The number of rotatable bonds is 2. The van der Waals surface area contributed by atoms with Gasteiger partial charge in [-0.2, -0.15) is 5.10 Å². The maximum absolute atomic E-state index is 11.5. The molecule has 0 spiro atoms. The minimum atomic E-state index is -0.388. The fourth-order valence-corrected chi connectivity index (χ4v) is 1.30. The zero-order chi connectivity index (χ0) is 10.7. The van der Waals surface area contributed by atoms with Gasteiger partial charge in [0.1, 0.15) is 0 Å². The van der Waals surface area contributed by atoms with Crippen LogP contribution in [0.1, 0.15) is 5.56 Å². The molecule has 0 radical (unpaired) electrons. The molecule has 0 atom stereocenters. The Morgan fingerprint density at radius 1 is 1.33 bits per heavy atom. The van der Waals surface area contributed by atoms with Gasteiger partial charge in [0, 0.05) is 0 Å². The average Bonchev–Trinajstić information content (AvgIpc) is 2.62. The standard InChI is InChI=1S/C10H9N3O2/c14-10-9(12-15)6-11-13(10)7-8-4-2-1-3-5-8/h1-6,15H,7H2/b12-9+. The first-order valence-corrected chi connectivity index (χ1v) is 4.43. The lowest BCUT2D eigenvalue weighted by Gasteiger charge is -2.10. The predicted octanol–water partition coefficient (Wildman–Crippen LogP) is 0.845. The first-order valence-electron chi connectivity index (χ1n) is 4.43. The van der Waals surface area contributed by atoms with Crippen molar-refractivity contribution in [1.29, 1.82) is 0 Å². The van der Waals surface area contributed by atoms with E-state index in [1.807, 2.05) is 30.3 Å². The van der Waals surface area contributed by atoms with Crippen molar-refractivity contribution in [2.75, 3.05) is 0 Å². The third-order valence-electron chi connectivity index (χ3n) is 2.06. The SMILES string of the molecule is O=C1/C(=N/O)C=NN1Cc1ccccc1. The summed E-state index contributed by atoms with van der Waals surface area (Å²) >= 11 is 0. The van der Waals surface area contributed by atoms with Crippen LogP contribution in [0.2, 0.25) is 0 Å². The van der Waals surface area contributed by atoms with E-state index in [2.05, 4.69) is 10.3 Å². The van der Waals surface area contributed by atoms with E-state index in [0.717, 1.165) is 5.56 Å². The fourth-order valence-electron chi connectivity index (χ4n) is 1.30. The molecule has 2 rings (SSSR count). The molecule has 1 aliphatic rings. The summed E-state index contributed by atoms with van der Waals surface area (Å²) < 4.78 is 0. The van der Waals surface area contributed by atoms with Gasteiger partial charge in [0.05, 0.1) is 12.8 Å². The number of oxime groups is 1. The number of hydrogen-bond donors (Lipinski definition) is 1. The van der Waals surface area contributed by atoms with E-state index >= 15 is 0 Å². The van der Waals surface area contributed by atoms with Crippen molar-refractivity contribution in [2.24, 2.45) is 10.3 Å². The average molecular weight is 203 g/mol. The lowest BCUT2D eigenvalue weighted by atomic mass is 10.2. The summed E-state index contributed by atoms with van der Waals surface area (Å²) in [5.41, 5.74) is 0.938. The van der Waals surface area contributed by atoms with E-state index in [4.69, 9.17) is 5.21 Å². The molecule has 0 bridgehead atoms. The number of hydrogen-bond acceptors (Lipinski definition) is 4. The number of carbonyl (C=O) groups is 1. The van der Waals surface area contributed by atoms with E-state index in [1.165, 1.54) is 11.2 Å². The van der Waals surface area contributed by atoms with Crippen molar-refractivity contribution in [2.45, 2.75) is 6.54 Å². The van der Waals surface area contributed by atoms with Gasteiger partial charge in [-0.15, -0.1) is 0 Å². The summed E-state index contributed by atoms with van der Waals surface area (Å²) in [6, 6.07) is 9.48. The molecule has 1 aliphatic heterocycles. The highest BCUT2D eigenvalue weighted by atomic mass is 16.4. The van der Waals surface area contributed by atoms with Crippen LogP contribution in [0, 0.1) is 0 Å². The molecule has 5 heteroatoms. The van der Waals surface area contributed by atoms with Gasteiger partial charge in [-0.25, -0.2) is 5.01 Å². The van der Waals surface area contributed by atoms with Crippen molar-refractivity contribution in [3.05, 3.63) is 35.9 Å². The normalized spacial score (nSPS) is 17.7. The van der Waals surface area contributed by atoms with E-state index in [1.54, 1.807) is 0 Å². The van der Waals surface area contributed by atoms with E-state index in [9.17, 15) is 4.79 Å². The van der Waals surface area contributed by atoms with Gasteiger partial charge < -0.3 is 5.21 Å². The monoisotopic (exact) mass is 203 g/mol. The second kappa shape index (κ2) is 3.91. The molecule has 0 saturated heterocycles. The summed E-state index contributed by atoms with van der Waals surface area (Å²) in [6.07, 6.45) is 1.24. The van der Waals surface area contributed by atoms with Crippen LogP contribution in [0.25, 0.3) is 0 Å². The minimum absolute atomic E-state index is 0.0362. The molecule has 15 heavy (non-hydrogen) atoms. The lowest BCUT2D eigenvalue weighted by molar-refractivity contribution is -0.124. The summed E-state index contributed by atoms with van der Waals surface area (Å²) in [5, 5.41) is 16.4. The van der Waals surface area contributed by atoms with Gasteiger partial charge in [-0.1, -0.05) is 35.5 Å². The molecular formula is C10H9N3O2. The van der Waals surface area contributed by atoms with Crippen LogP contribution >= 0.6 is 0 Å². The molecule has 1 N–H and O–H groups in total. The van der Waals surface area contributed by atoms with Gasteiger partial charge in [0.25, 0.3) is 5.91 Å². The fraction of sp³-hybridized carbons (Fsp3) is 0.100. The van der Waals surface area contributed by atoms with Gasteiger partial charge >= 0.3 is 0 Å². The zero-order valence-electron chi connectivity index (χ0n) is 7.87. The number of nitrogens with zero attached hydrogens (tertiary/aromatic N) is 3. The van der Waals surface area contributed by atoms with Crippen LogP contribution in [-0.2, 0) is 11.3 Å². The van der Waals surface area contributed by atoms with Gasteiger partial charge in [0.15, 0.2) is 5.71 Å². The van der Waals surface area contributed by atoms with Gasteiger partial charge in [-0.05, 0) is 5.56 Å². The third kappa shape index (κ3) is 1.85. The first-order chi connectivity index (χ1) is 7.31. The maximum Gasteiger partial charge on any atom is 0.297 e. The summed E-state index contributed by atoms with van der Waals surface area (Å²) in [6.45, 7) is 0.384. The quantitative estimate of drug-likeness (QED) is 0.572. The molecule has 0 saturated carbocycles. The minimum Gasteiger partial charge on any atom is -0.410 e. The summed E-state index contributed by atoms with van der Waals surface area (Å²) in [5.74, 6) is -0.388. The van der Waals surface area contributed by atoms with Crippen molar-refractivity contribution in [1.82, 2.24) is 5.01 Å². The molecular weight excluding hydrogens is 194 g/mol. The third-order valence-corrected chi connectivity index (χ3v) is 2.06. The Bertz CT molecular complexity index is 426. The summed E-state index contributed by atoms with van der Waals surface area (Å²) in [4.78, 5) is 11.5. The van der Waals surface area contributed by atoms with Crippen LogP contribution in [0.15, 0.2) is 40.6 Å². The smallest absolute Gasteiger partial charge is 0.297 e. The highest BCUT2D eigenvalue weighted by Crippen LogP contribution is 2.08. The van der Waals surface area contributed by atoms with Crippen LogP contribution in [-0.4, -0.2) is 28.0 Å². The zero-order valence-corrected chi connectivity index (χ0v) is 7.87. The Morgan fingerprint density at radius 3 is 2.67 bits per heavy atom. The van der Waals surface area contributed by atoms with E-state index in [0.29, 0.717) is 6.54 Å². The Hall–Kier alpha value is -2.17. The van der Waals surface area contributed by atoms with Crippen LogP contribution in [0.5, 0.6) is 0 Å². The highest BCUT2D eigenvalue weighted by Gasteiger charge is 2.24. The largest absolute Gasteiger partial charge is 0.410 e. The van der Waals surface area contributed by atoms with Crippen molar-refractivity contribution >= 4 is 17.8 Å². The Kier molecular flexibility index (Phi) is 2.45. The molecule has 1 amide bonds. The first kappa shape index (κ1) is 9.39. The van der Waals surface area contributed by atoms with E-state index < -0.39 is 0 Å². The molecule has 1 aromatic carbocycles. The van der Waals surface area contributed by atoms with Crippen molar-refractivity contribution in [3.63, 3.8) is 0 Å². The van der Waals surface area contributed by atoms with Gasteiger partial charge in [0.2, 0.25) is 0 Å². The predicted molar refractivity (Wildman–Crippen MR) is 54.7 cm³/mol. The number of amides is 1. The molecule has 1 aromatic rings. The molecule has 0 aliphatic carbocycles. The highest BCUT2D eigenvalue weighted by molar-refractivity contribution is 6.62. The number of hydrazone groups is 1.